The van der Waals surface area contributed by atoms with Gasteiger partial charge in [-0.1, -0.05) is 13.0 Å². The van der Waals surface area contributed by atoms with E-state index < -0.39 is 0 Å². The lowest BCUT2D eigenvalue weighted by Crippen LogP contribution is -2.34. The van der Waals surface area contributed by atoms with Crippen LogP contribution in [0.4, 0.5) is 0 Å². The van der Waals surface area contributed by atoms with Gasteiger partial charge >= 0.3 is 0 Å². The summed E-state index contributed by atoms with van der Waals surface area (Å²) in [6.07, 6.45) is 3.72. The minimum Gasteiger partial charge on any atom is -0.352 e. The predicted octanol–water partition coefficient (Wildman–Crippen LogP) is 1.65. The molecule has 0 atom stereocenters. The first kappa shape index (κ1) is 11.7. The fourth-order valence-electron chi connectivity index (χ4n) is 1.91. The molecule has 82 valence electrons. The van der Waals surface area contributed by atoms with Crippen LogP contribution in [0.25, 0.3) is 0 Å². The number of methoxy groups -OCH3 is 2. The minimum atomic E-state index is -0.253. The van der Waals surface area contributed by atoms with Crippen molar-refractivity contribution in [3.63, 3.8) is 0 Å². The summed E-state index contributed by atoms with van der Waals surface area (Å²) in [6, 6.07) is 0. The van der Waals surface area contributed by atoms with E-state index in [1.54, 1.807) is 14.2 Å². The van der Waals surface area contributed by atoms with Gasteiger partial charge in [0.2, 0.25) is 0 Å². The summed E-state index contributed by atoms with van der Waals surface area (Å²) in [5, 5.41) is 0. The molecule has 0 spiro atoms. The Balaban J connectivity index is 2.30. The molecular formula is C11H21NO2. The Morgan fingerprint density at radius 3 is 2.29 bits per heavy atom. The highest BCUT2D eigenvalue weighted by Crippen LogP contribution is 2.12. The predicted molar refractivity (Wildman–Crippen MR) is 57.2 cm³/mol. The molecule has 0 saturated carbocycles. The van der Waals surface area contributed by atoms with Crippen LogP contribution in [0.1, 0.15) is 19.3 Å². The maximum Gasteiger partial charge on any atom is 0.180 e. The SMILES string of the molecule is C=C(CN1CCCCC1)C(OC)OC. The van der Waals surface area contributed by atoms with Gasteiger partial charge in [-0.3, -0.25) is 4.90 Å². The molecule has 0 aromatic rings. The van der Waals surface area contributed by atoms with Crippen molar-refractivity contribution in [3.05, 3.63) is 12.2 Å². The first-order chi connectivity index (χ1) is 6.77. The number of piperidine rings is 1. The lowest BCUT2D eigenvalue weighted by atomic mass is 10.1. The van der Waals surface area contributed by atoms with Crippen molar-refractivity contribution in [2.45, 2.75) is 25.6 Å². The molecule has 0 N–H and O–H groups in total. The topological polar surface area (TPSA) is 21.7 Å². The number of nitrogens with zero attached hydrogens (tertiary/aromatic N) is 1. The van der Waals surface area contributed by atoms with Crippen LogP contribution in [0.15, 0.2) is 12.2 Å². The lowest BCUT2D eigenvalue weighted by Gasteiger charge is -2.28. The fourth-order valence-corrected chi connectivity index (χ4v) is 1.91. The zero-order valence-corrected chi connectivity index (χ0v) is 9.29. The summed E-state index contributed by atoms with van der Waals surface area (Å²) in [5.41, 5.74) is 1.01. The summed E-state index contributed by atoms with van der Waals surface area (Å²) >= 11 is 0. The molecular weight excluding hydrogens is 178 g/mol. The van der Waals surface area contributed by atoms with Gasteiger partial charge in [-0.25, -0.2) is 0 Å². The van der Waals surface area contributed by atoms with Crippen LogP contribution in [-0.4, -0.2) is 45.0 Å². The zero-order chi connectivity index (χ0) is 10.4. The third-order valence-corrected chi connectivity index (χ3v) is 2.64. The Labute approximate surface area is 86.7 Å². The van der Waals surface area contributed by atoms with Crippen LogP contribution >= 0.6 is 0 Å². The Bertz CT molecular complexity index is 172. The van der Waals surface area contributed by atoms with Gasteiger partial charge in [-0.15, -0.1) is 0 Å². The van der Waals surface area contributed by atoms with Gasteiger partial charge in [-0.05, 0) is 31.5 Å². The van der Waals surface area contributed by atoms with Gasteiger partial charge in [0.25, 0.3) is 0 Å². The van der Waals surface area contributed by atoms with Crippen LogP contribution in [0, 0.1) is 0 Å². The second-order valence-electron chi connectivity index (χ2n) is 3.80. The van der Waals surface area contributed by atoms with Crippen molar-refractivity contribution < 1.29 is 9.47 Å². The molecule has 0 aromatic carbocycles. The first-order valence-corrected chi connectivity index (χ1v) is 5.23. The maximum atomic E-state index is 5.15. The van der Waals surface area contributed by atoms with E-state index in [0.29, 0.717) is 0 Å². The highest BCUT2D eigenvalue weighted by molar-refractivity contribution is 5.01. The van der Waals surface area contributed by atoms with Crippen molar-refractivity contribution in [1.29, 1.82) is 0 Å². The Kier molecular flexibility index (Phi) is 5.15. The molecule has 0 aliphatic carbocycles. The molecule has 1 rings (SSSR count). The second kappa shape index (κ2) is 6.17. The van der Waals surface area contributed by atoms with Crippen LogP contribution in [0.2, 0.25) is 0 Å². The molecule has 3 nitrogen and oxygen atoms in total. The van der Waals surface area contributed by atoms with Crippen molar-refractivity contribution in [2.24, 2.45) is 0 Å². The maximum absolute atomic E-state index is 5.15. The van der Waals surface area contributed by atoms with Gasteiger partial charge in [0.05, 0.1) is 0 Å². The van der Waals surface area contributed by atoms with Crippen molar-refractivity contribution in [1.82, 2.24) is 4.90 Å². The second-order valence-corrected chi connectivity index (χ2v) is 3.80. The van der Waals surface area contributed by atoms with Crippen LogP contribution in [0.3, 0.4) is 0 Å². The largest absolute Gasteiger partial charge is 0.352 e. The molecule has 1 saturated heterocycles. The minimum absolute atomic E-state index is 0.253. The van der Waals surface area contributed by atoms with Gasteiger partial charge in [0.1, 0.15) is 0 Å². The van der Waals surface area contributed by atoms with E-state index in [2.05, 4.69) is 11.5 Å². The Hall–Kier alpha value is -0.380. The molecule has 1 aliphatic rings. The van der Waals surface area contributed by atoms with E-state index >= 15 is 0 Å². The molecule has 0 radical (unpaired) electrons. The van der Waals surface area contributed by atoms with E-state index in [4.69, 9.17) is 9.47 Å². The highest BCUT2D eigenvalue weighted by atomic mass is 16.7. The summed E-state index contributed by atoms with van der Waals surface area (Å²) in [6.45, 7) is 7.25. The average molecular weight is 199 g/mol. The number of rotatable bonds is 5. The number of ether oxygens (including phenoxy) is 2. The van der Waals surface area contributed by atoms with Crippen LogP contribution < -0.4 is 0 Å². The van der Waals surface area contributed by atoms with Crippen molar-refractivity contribution >= 4 is 0 Å². The number of hydrogen-bond acceptors (Lipinski definition) is 3. The molecule has 0 aromatic heterocycles. The van der Waals surface area contributed by atoms with Gasteiger partial charge < -0.3 is 9.47 Å². The highest BCUT2D eigenvalue weighted by Gasteiger charge is 2.15. The summed E-state index contributed by atoms with van der Waals surface area (Å²) in [4.78, 5) is 2.41. The van der Waals surface area contributed by atoms with Gasteiger partial charge in [-0.2, -0.15) is 0 Å². The molecule has 1 fully saturated rings. The monoisotopic (exact) mass is 199 g/mol. The van der Waals surface area contributed by atoms with E-state index in [-0.39, 0.29) is 6.29 Å². The normalized spacial score (nSPS) is 18.8. The Morgan fingerprint density at radius 2 is 1.79 bits per heavy atom. The average Bonchev–Trinajstić information content (AvgIpc) is 2.21. The first-order valence-electron chi connectivity index (χ1n) is 5.23. The Morgan fingerprint density at radius 1 is 1.21 bits per heavy atom. The van der Waals surface area contributed by atoms with Crippen LogP contribution in [-0.2, 0) is 9.47 Å². The summed E-state index contributed by atoms with van der Waals surface area (Å²) < 4.78 is 10.3. The molecule has 3 heteroatoms. The summed E-state index contributed by atoms with van der Waals surface area (Å²) in [7, 11) is 3.30. The molecule has 0 amide bonds. The fraction of sp³-hybridized carbons (Fsp3) is 0.818. The quantitative estimate of drug-likeness (QED) is 0.496. The third-order valence-electron chi connectivity index (χ3n) is 2.64. The third kappa shape index (κ3) is 3.40. The van der Waals surface area contributed by atoms with E-state index in [9.17, 15) is 0 Å². The van der Waals surface area contributed by atoms with E-state index in [1.165, 1.54) is 32.4 Å². The molecule has 0 unspecified atom stereocenters. The number of hydrogen-bond donors (Lipinski definition) is 0. The van der Waals surface area contributed by atoms with Crippen LogP contribution in [0.5, 0.6) is 0 Å². The molecule has 1 aliphatic heterocycles. The van der Waals surface area contributed by atoms with E-state index in [1.807, 2.05) is 0 Å². The van der Waals surface area contributed by atoms with Crippen molar-refractivity contribution in [3.8, 4) is 0 Å². The molecule has 0 bridgehead atoms. The molecule has 1 heterocycles. The molecule has 14 heavy (non-hydrogen) atoms. The van der Waals surface area contributed by atoms with E-state index in [0.717, 1.165) is 12.1 Å². The summed E-state index contributed by atoms with van der Waals surface area (Å²) in [5.74, 6) is 0. The standard InChI is InChI=1S/C11H21NO2/c1-10(11(13-2)14-3)9-12-7-5-4-6-8-12/h11H,1,4-9H2,2-3H3. The zero-order valence-electron chi connectivity index (χ0n) is 9.29. The lowest BCUT2D eigenvalue weighted by molar-refractivity contribution is -0.0779. The van der Waals surface area contributed by atoms with Crippen molar-refractivity contribution in [2.75, 3.05) is 33.9 Å². The van der Waals surface area contributed by atoms with Gasteiger partial charge in [0.15, 0.2) is 6.29 Å². The van der Waals surface area contributed by atoms with Gasteiger partial charge in [0, 0.05) is 20.8 Å². The number of likely N-dealkylation sites (tertiary alicyclic amines) is 1. The smallest absolute Gasteiger partial charge is 0.180 e.